The van der Waals surface area contributed by atoms with Crippen LogP contribution >= 0.6 is 0 Å². The van der Waals surface area contributed by atoms with Crippen LogP contribution in [-0.4, -0.2) is 36.9 Å². The molecule has 0 saturated carbocycles. The summed E-state index contributed by atoms with van der Waals surface area (Å²) in [5, 5.41) is 11.4. The fourth-order valence-corrected chi connectivity index (χ4v) is 3.04. The van der Waals surface area contributed by atoms with E-state index in [0.29, 0.717) is 5.56 Å². The standard InChI is InChI=1S/C11H17N3O3S/c1-8-6-4-5-7-10(8)18(16,17)14(3)9(2)11(12)13-15/h4-7,9,15H,1-3H3,(H2,12,13). The molecule has 0 heterocycles. The first-order valence-electron chi connectivity index (χ1n) is 5.33. The Hall–Kier alpha value is -1.60. The van der Waals surface area contributed by atoms with Gasteiger partial charge in [0.05, 0.1) is 10.9 Å². The molecule has 1 aromatic rings. The fourth-order valence-electron chi connectivity index (χ4n) is 1.48. The maximum Gasteiger partial charge on any atom is 0.243 e. The van der Waals surface area contributed by atoms with Gasteiger partial charge < -0.3 is 10.9 Å². The van der Waals surface area contributed by atoms with Crippen LogP contribution in [0.4, 0.5) is 0 Å². The van der Waals surface area contributed by atoms with Gasteiger partial charge in [-0.3, -0.25) is 0 Å². The average Bonchev–Trinajstić information content (AvgIpc) is 2.36. The Kier molecular flexibility index (Phi) is 4.31. The Morgan fingerprint density at radius 1 is 1.44 bits per heavy atom. The number of oxime groups is 1. The zero-order valence-corrected chi connectivity index (χ0v) is 11.3. The second-order valence-corrected chi connectivity index (χ2v) is 5.95. The summed E-state index contributed by atoms with van der Waals surface area (Å²) in [6.45, 7) is 3.26. The second kappa shape index (κ2) is 5.36. The molecule has 0 aliphatic heterocycles. The van der Waals surface area contributed by atoms with Crippen molar-refractivity contribution in [2.45, 2.75) is 24.8 Å². The summed E-state index contributed by atoms with van der Waals surface area (Å²) in [7, 11) is -2.27. The van der Waals surface area contributed by atoms with Crippen LogP contribution in [0.25, 0.3) is 0 Å². The van der Waals surface area contributed by atoms with Gasteiger partial charge in [0.1, 0.15) is 0 Å². The molecule has 0 amide bonds. The van der Waals surface area contributed by atoms with E-state index in [9.17, 15) is 8.42 Å². The molecule has 3 N–H and O–H groups in total. The van der Waals surface area contributed by atoms with Gasteiger partial charge in [-0.05, 0) is 25.5 Å². The Morgan fingerprint density at radius 3 is 2.50 bits per heavy atom. The lowest BCUT2D eigenvalue weighted by molar-refractivity contribution is 0.311. The molecule has 6 nitrogen and oxygen atoms in total. The first-order chi connectivity index (χ1) is 8.32. The molecular weight excluding hydrogens is 254 g/mol. The fraction of sp³-hybridized carbons (Fsp3) is 0.364. The van der Waals surface area contributed by atoms with Gasteiger partial charge in [-0.1, -0.05) is 23.4 Å². The van der Waals surface area contributed by atoms with Crippen LogP contribution in [0.2, 0.25) is 0 Å². The van der Waals surface area contributed by atoms with Crippen molar-refractivity contribution in [3.8, 4) is 0 Å². The number of benzene rings is 1. The van der Waals surface area contributed by atoms with Crippen molar-refractivity contribution >= 4 is 15.9 Å². The van der Waals surface area contributed by atoms with Gasteiger partial charge in [0.2, 0.25) is 10.0 Å². The Morgan fingerprint density at radius 2 is 2.00 bits per heavy atom. The number of nitrogens with zero attached hydrogens (tertiary/aromatic N) is 2. The molecule has 1 atom stereocenters. The number of aryl methyl sites for hydroxylation is 1. The van der Waals surface area contributed by atoms with Crippen LogP contribution in [0.15, 0.2) is 34.3 Å². The number of hydrogen-bond donors (Lipinski definition) is 2. The zero-order chi connectivity index (χ0) is 13.9. The summed E-state index contributed by atoms with van der Waals surface area (Å²) in [5.74, 6) is -0.158. The molecule has 18 heavy (non-hydrogen) atoms. The molecule has 0 aliphatic rings. The van der Waals surface area contributed by atoms with E-state index in [0.717, 1.165) is 4.31 Å². The summed E-state index contributed by atoms with van der Waals surface area (Å²) in [4.78, 5) is 0.213. The molecule has 0 bridgehead atoms. The lowest BCUT2D eigenvalue weighted by atomic mass is 10.2. The molecule has 0 spiro atoms. The van der Waals surface area contributed by atoms with Crippen LogP contribution in [0, 0.1) is 6.92 Å². The average molecular weight is 271 g/mol. The lowest BCUT2D eigenvalue weighted by Gasteiger charge is -2.23. The van der Waals surface area contributed by atoms with Crippen LogP contribution in [0.1, 0.15) is 12.5 Å². The first-order valence-corrected chi connectivity index (χ1v) is 6.77. The van der Waals surface area contributed by atoms with Crippen LogP contribution in [0.3, 0.4) is 0 Å². The Bertz CT molecular complexity index is 554. The van der Waals surface area contributed by atoms with Gasteiger partial charge in [0.25, 0.3) is 0 Å². The first kappa shape index (κ1) is 14.5. The number of rotatable bonds is 4. The zero-order valence-electron chi connectivity index (χ0n) is 10.5. The molecule has 0 aromatic heterocycles. The minimum Gasteiger partial charge on any atom is -0.409 e. The Labute approximate surface area is 107 Å². The minimum atomic E-state index is -3.66. The van der Waals surface area contributed by atoms with Crippen molar-refractivity contribution in [2.24, 2.45) is 10.9 Å². The topological polar surface area (TPSA) is 96.0 Å². The van der Waals surface area contributed by atoms with Gasteiger partial charge in [0, 0.05) is 7.05 Å². The quantitative estimate of drug-likeness (QED) is 0.365. The monoisotopic (exact) mass is 271 g/mol. The van der Waals surface area contributed by atoms with Crippen LogP contribution in [0.5, 0.6) is 0 Å². The molecular formula is C11H17N3O3S. The van der Waals surface area contributed by atoms with Gasteiger partial charge in [-0.15, -0.1) is 0 Å². The SMILES string of the molecule is Cc1ccccc1S(=O)(=O)N(C)C(C)C(N)=NO. The minimum absolute atomic E-state index is 0.158. The number of likely N-dealkylation sites (N-methyl/N-ethyl adjacent to an activating group) is 1. The third-order valence-electron chi connectivity index (χ3n) is 2.84. The highest BCUT2D eigenvalue weighted by Crippen LogP contribution is 2.19. The third-order valence-corrected chi connectivity index (χ3v) is 4.93. The highest BCUT2D eigenvalue weighted by molar-refractivity contribution is 7.89. The van der Waals surface area contributed by atoms with Crippen molar-refractivity contribution in [1.29, 1.82) is 0 Å². The van der Waals surface area contributed by atoms with Crippen molar-refractivity contribution in [1.82, 2.24) is 4.31 Å². The molecule has 0 radical (unpaired) electrons. The van der Waals surface area contributed by atoms with E-state index in [1.165, 1.54) is 13.1 Å². The van der Waals surface area contributed by atoms with E-state index in [4.69, 9.17) is 10.9 Å². The Balaban J connectivity index is 3.20. The third kappa shape index (κ3) is 2.62. The van der Waals surface area contributed by atoms with Gasteiger partial charge in [0.15, 0.2) is 5.84 Å². The summed E-state index contributed by atoms with van der Waals surface area (Å²) < 4.78 is 25.8. The van der Waals surface area contributed by atoms with Crippen molar-refractivity contribution in [3.05, 3.63) is 29.8 Å². The van der Waals surface area contributed by atoms with Crippen molar-refractivity contribution in [3.63, 3.8) is 0 Å². The van der Waals surface area contributed by atoms with Crippen molar-refractivity contribution in [2.75, 3.05) is 7.05 Å². The molecule has 7 heteroatoms. The molecule has 1 unspecified atom stereocenters. The summed E-state index contributed by atoms with van der Waals surface area (Å²) in [6, 6.07) is 5.94. The highest BCUT2D eigenvalue weighted by Gasteiger charge is 2.28. The maximum atomic E-state index is 12.3. The second-order valence-electron chi connectivity index (χ2n) is 3.99. The van der Waals surface area contributed by atoms with E-state index in [-0.39, 0.29) is 10.7 Å². The van der Waals surface area contributed by atoms with Gasteiger partial charge in [-0.2, -0.15) is 4.31 Å². The predicted molar refractivity (Wildman–Crippen MR) is 69.0 cm³/mol. The summed E-state index contributed by atoms with van der Waals surface area (Å²) in [5.41, 5.74) is 6.07. The van der Waals surface area contributed by atoms with Crippen LogP contribution < -0.4 is 5.73 Å². The number of amidine groups is 1. The molecule has 0 fully saturated rings. The molecule has 1 aromatic carbocycles. The maximum absolute atomic E-state index is 12.3. The van der Waals surface area contributed by atoms with Crippen molar-refractivity contribution < 1.29 is 13.6 Å². The highest BCUT2D eigenvalue weighted by atomic mass is 32.2. The van der Waals surface area contributed by atoms with Crippen LogP contribution in [-0.2, 0) is 10.0 Å². The molecule has 100 valence electrons. The van der Waals surface area contributed by atoms with E-state index < -0.39 is 16.1 Å². The van der Waals surface area contributed by atoms with E-state index >= 15 is 0 Å². The van der Waals surface area contributed by atoms with E-state index in [1.54, 1.807) is 32.0 Å². The molecule has 1 rings (SSSR count). The van der Waals surface area contributed by atoms with E-state index in [1.807, 2.05) is 0 Å². The number of sulfonamides is 1. The van der Waals surface area contributed by atoms with E-state index in [2.05, 4.69) is 5.16 Å². The normalized spacial score (nSPS) is 14.8. The molecule has 0 saturated heterocycles. The summed E-state index contributed by atoms with van der Waals surface area (Å²) in [6.07, 6.45) is 0. The number of hydrogen-bond acceptors (Lipinski definition) is 4. The lowest BCUT2D eigenvalue weighted by Crippen LogP contribution is -2.43. The molecule has 0 aliphatic carbocycles. The van der Waals surface area contributed by atoms with Gasteiger partial charge >= 0.3 is 0 Å². The largest absolute Gasteiger partial charge is 0.409 e. The summed E-state index contributed by atoms with van der Waals surface area (Å²) >= 11 is 0. The predicted octanol–water partition coefficient (Wildman–Crippen LogP) is 0.750. The number of nitrogens with two attached hydrogens (primary N) is 1. The smallest absolute Gasteiger partial charge is 0.243 e. The van der Waals surface area contributed by atoms with Gasteiger partial charge in [-0.25, -0.2) is 8.42 Å².